The summed E-state index contributed by atoms with van der Waals surface area (Å²) >= 11 is 0. The lowest BCUT2D eigenvalue weighted by molar-refractivity contribution is -0.159. The number of carboxylic acid groups (broad SMARTS) is 1. The summed E-state index contributed by atoms with van der Waals surface area (Å²) in [6.07, 6.45) is -4.23. The molecule has 1 aromatic carbocycles. The van der Waals surface area contributed by atoms with Crippen LogP contribution in [-0.2, 0) is 25.5 Å². The van der Waals surface area contributed by atoms with Gasteiger partial charge in [0.15, 0.2) is 6.29 Å². The average Bonchev–Trinajstić information content (AvgIpc) is 3.39. The Kier molecular flexibility index (Phi) is 11.0. The fraction of sp³-hybridized carbons (Fsp3) is 0.583. The number of amides is 4. The number of aliphatic carboxylic acids is 1. The van der Waals surface area contributed by atoms with Crippen LogP contribution in [0.1, 0.15) is 32.3 Å². The summed E-state index contributed by atoms with van der Waals surface area (Å²) in [6.45, 7) is 3.25. The van der Waals surface area contributed by atoms with Gasteiger partial charge in [-0.1, -0.05) is 44.2 Å². The van der Waals surface area contributed by atoms with Gasteiger partial charge in [0.25, 0.3) is 0 Å². The first-order valence-electron chi connectivity index (χ1n) is 12.1. The number of nitrogens with two attached hydrogens (primary N) is 1. The topological polar surface area (TPSA) is 232 Å². The van der Waals surface area contributed by atoms with E-state index in [1.54, 1.807) is 26.0 Å². The Morgan fingerprint density at radius 3 is 2.21 bits per heavy atom. The maximum Gasteiger partial charge on any atom is 0.350 e. The molecule has 9 N–H and O–H groups in total. The molecule has 2 fully saturated rings. The number of urea groups is 1. The van der Waals surface area contributed by atoms with E-state index in [0.29, 0.717) is 6.42 Å². The third-order valence-electron chi connectivity index (χ3n) is 6.30. The first-order chi connectivity index (χ1) is 17.8. The second-order valence-corrected chi connectivity index (χ2v) is 9.43. The minimum absolute atomic E-state index is 0.0415. The van der Waals surface area contributed by atoms with E-state index in [4.69, 9.17) is 26.2 Å². The minimum atomic E-state index is -1.90. The first kappa shape index (κ1) is 30.9. The molecular weight excluding hydrogens is 504 g/mol. The number of nitrogens with zero attached hydrogens (tertiary/aromatic N) is 1. The summed E-state index contributed by atoms with van der Waals surface area (Å²) in [6, 6.07) is 7.12. The van der Waals surface area contributed by atoms with Gasteiger partial charge in [-0.05, 0) is 17.9 Å². The predicted molar refractivity (Wildman–Crippen MR) is 131 cm³/mol. The highest BCUT2D eigenvalue weighted by Gasteiger charge is 2.52. The van der Waals surface area contributed by atoms with Crippen LogP contribution in [0.2, 0.25) is 0 Å². The Labute approximate surface area is 219 Å². The van der Waals surface area contributed by atoms with Gasteiger partial charge in [0, 0.05) is 13.0 Å². The summed E-state index contributed by atoms with van der Waals surface area (Å²) in [4.78, 5) is 49.9. The van der Waals surface area contributed by atoms with E-state index in [1.165, 1.54) is 0 Å². The third kappa shape index (κ3) is 7.39. The van der Waals surface area contributed by atoms with Crippen molar-refractivity contribution in [2.45, 2.75) is 69.4 Å². The number of nitrogens with one attached hydrogen (secondary N) is 2. The molecule has 38 heavy (non-hydrogen) atoms. The van der Waals surface area contributed by atoms with Gasteiger partial charge in [0.2, 0.25) is 17.5 Å². The van der Waals surface area contributed by atoms with E-state index in [9.17, 15) is 24.3 Å². The van der Waals surface area contributed by atoms with E-state index in [2.05, 4.69) is 15.4 Å². The molecule has 0 aromatic heterocycles. The van der Waals surface area contributed by atoms with Crippen LogP contribution in [-0.4, -0.2) is 104 Å². The van der Waals surface area contributed by atoms with Crippen molar-refractivity contribution in [3.63, 3.8) is 0 Å². The van der Waals surface area contributed by atoms with Crippen LogP contribution in [0.15, 0.2) is 30.3 Å². The molecule has 0 saturated carbocycles. The Hall–Kier alpha value is -3.30. The van der Waals surface area contributed by atoms with E-state index in [0.717, 1.165) is 10.5 Å². The standard InChI is InChI=1S/C19H26N4O5.C5H10O5/c1-12(2)15(21-14(24)11-13-7-4-3-5-8-13)16(25)23-10-6-9-19(23,17(26)27)22-18(20)28;6-1-2-3(7)4(8)5(9)10-2/h3-5,7-8,12,15H,6,9-11H2,1-2H3,(H,21,24)(H,26,27)(H3,20,22,28);2-9H,1H2/t15-,19-;2-,3+,4+,5+/m01/s1. The summed E-state index contributed by atoms with van der Waals surface area (Å²) < 4.78 is 4.54. The van der Waals surface area contributed by atoms with Gasteiger partial charge in [0.1, 0.15) is 24.4 Å². The number of primary amides is 1. The van der Waals surface area contributed by atoms with Crippen LogP contribution in [0.5, 0.6) is 0 Å². The number of carboxylic acids is 1. The fourth-order valence-corrected chi connectivity index (χ4v) is 4.29. The molecule has 6 atom stereocenters. The number of hydrogen-bond donors (Lipinski definition) is 8. The lowest BCUT2D eigenvalue weighted by Crippen LogP contribution is -2.67. The van der Waals surface area contributed by atoms with Crippen molar-refractivity contribution in [3.8, 4) is 0 Å². The molecule has 2 heterocycles. The molecule has 2 aliphatic heterocycles. The smallest absolute Gasteiger partial charge is 0.350 e. The van der Waals surface area contributed by atoms with Crippen LogP contribution in [0, 0.1) is 5.92 Å². The van der Waals surface area contributed by atoms with Gasteiger partial charge in [-0.2, -0.15) is 0 Å². The van der Waals surface area contributed by atoms with Crippen molar-refractivity contribution in [1.82, 2.24) is 15.5 Å². The lowest BCUT2D eigenvalue weighted by atomic mass is 10.00. The molecule has 212 valence electrons. The number of ether oxygens (including phenoxy) is 1. The molecule has 0 spiro atoms. The van der Waals surface area contributed by atoms with Gasteiger partial charge < -0.3 is 51.5 Å². The molecule has 3 rings (SSSR count). The maximum absolute atomic E-state index is 13.1. The zero-order chi connectivity index (χ0) is 28.6. The highest BCUT2D eigenvalue weighted by molar-refractivity contribution is 5.94. The number of carbonyl (C=O) groups excluding carboxylic acids is 3. The molecule has 1 aromatic rings. The number of benzene rings is 1. The van der Waals surface area contributed by atoms with Gasteiger partial charge in [-0.25, -0.2) is 9.59 Å². The average molecular weight is 541 g/mol. The Morgan fingerprint density at radius 1 is 1.13 bits per heavy atom. The van der Waals surface area contributed by atoms with E-state index in [1.807, 2.05) is 18.2 Å². The predicted octanol–water partition coefficient (Wildman–Crippen LogP) is -2.14. The van der Waals surface area contributed by atoms with Crippen LogP contribution < -0.4 is 16.4 Å². The molecule has 2 aliphatic rings. The van der Waals surface area contributed by atoms with Crippen molar-refractivity contribution in [2.24, 2.45) is 11.7 Å². The molecule has 14 nitrogen and oxygen atoms in total. The fourth-order valence-electron chi connectivity index (χ4n) is 4.29. The van der Waals surface area contributed by atoms with Crippen molar-refractivity contribution in [2.75, 3.05) is 13.2 Å². The number of likely N-dealkylation sites (tertiary alicyclic amines) is 1. The van der Waals surface area contributed by atoms with Gasteiger partial charge >= 0.3 is 12.0 Å². The SMILES string of the molecule is CC(C)[C@H](NC(=O)Cc1ccccc1)C(=O)N1CCC[C@@]1(NC(N)=O)C(=O)O.OC[C@H]1O[C@H](O)[C@@H](O)[C@H]1O. The zero-order valence-electron chi connectivity index (χ0n) is 21.2. The molecule has 0 radical (unpaired) electrons. The normalized spacial score (nSPS) is 27.3. The maximum atomic E-state index is 13.1. The largest absolute Gasteiger partial charge is 0.478 e. The second-order valence-electron chi connectivity index (χ2n) is 9.43. The summed E-state index contributed by atoms with van der Waals surface area (Å²) in [7, 11) is 0. The van der Waals surface area contributed by atoms with Gasteiger partial charge in [-0.3, -0.25) is 9.59 Å². The van der Waals surface area contributed by atoms with Crippen molar-refractivity contribution < 1.29 is 49.4 Å². The van der Waals surface area contributed by atoms with Crippen LogP contribution >= 0.6 is 0 Å². The number of aliphatic hydroxyl groups excluding tert-OH is 4. The van der Waals surface area contributed by atoms with E-state index < -0.39 is 60.8 Å². The molecule has 0 unspecified atom stereocenters. The van der Waals surface area contributed by atoms with Gasteiger partial charge in [0.05, 0.1) is 13.0 Å². The summed E-state index contributed by atoms with van der Waals surface area (Å²) in [5.74, 6) is -2.56. The van der Waals surface area contributed by atoms with E-state index >= 15 is 0 Å². The quantitative estimate of drug-likeness (QED) is 0.178. The monoisotopic (exact) mass is 540 g/mol. The minimum Gasteiger partial charge on any atom is -0.478 e. The Bertz CT molecular complexity index is 978. The molecular formula is C24H36N4O10. The number of aliphatic hydroxyl groups is 4. The highest BCUT2D eigenvalue weighted by atomic mass is 16.6. The van der Waals surface area contributed by atoms with Crippen LogP contribution in [0.4, 0.5) is 4.79 Å². The molecule has 14 heteroatoms. The van der Waals surface area contributed by atoms with Crippen molar-refractivity contribution in [1.29, 1.82) is 0 Å². The van der Waals surface area contributed by atoms with Crippen molar-refractivity contribution in [3.05, 3.63) is 35.9 Å². The molecule has 0 aliphatic carbocycles. The summed E-state index contributed by atoms with van der Waals surface area (Å²) in [5.41, 5.74) is 4.03. The third-order valence-corrected chi connectivity index (χ3v) is 6.30. The second kappa shape index (κ2) is 13.5. The van der Waals surface area contributed by atoms with Crippen LogP contribution in [0.25, 0.3) is 0 Å². The molecule has 4 amide bonds. The van der Waals surface area contributed by atoms with Gasteiger partial charge in [-0.15, -0.1) is 0 Å². The molecule has 0 bridgehead atoms. The van der Waals surface area contributed by atoms with E-state index in [-0.39, 0.29) is 31.2 Å². The first-order valence-corrected chi connectivity index (χ1v) is 12.1. The van der Waals surface area contributed by atoms with Crippen LogP contribution in [0.3, 0.4) is 0 Å². The Balaban J connectivity index is 0.000000423. The number of hydrogen-bond acceptors (Lipinski definition) is 9. The number of carbonyl (C=O) groups is 4. The molecule has 2 saturated heterocycles. The lowest BCUT2D eigenvalue weighted by Gasteiger charge is -2.37. The zero-order valence-corrected chi connectivity index (χ0v) is 21.2. The Morgan fingerprint density at radius 2 is 1.76 bits per heavy atom. The van der Waals surface area contributed by atoms with Crippen molar-refractivity contribution >= 4 is 23.8 Å². The highest BCUT2D eigenvalue weighted by Crippen LogP contribution is 2.29. The number of rotatable bonds is 8. The summed E-state index contributed by atoms with van der Waals surface area (Å²) in [5, 5.41) is 49.5.